The van der Waals surface area contributed by atoms with Gasteiger partial charge in [-0.25, -0.2) is 0 Å². The molecule has 1 aliphatic carbocycles. The largest absolute Gasteiger partial charge is 0.508 e. The summed E-state index contributed by atoms with van der Waals surface area (Å²) in [5, 5.41) is 12.8. The van der Waals surface area contributed by atoms with Crippen LogP contribution in [0.4, 0.5) is 0 Å². The van der Waals surface area contributed by atoms with Gasteiger partial charge in [-0.1, -0.05) is 43.2 Å². The smallest absolute Gasteiger partial charge is 0.251 e. The van der Waals surface area contributed by atoms with E-state index in [-0.39, 0.29) is 23.1 Å². The molecule has 0 saturated heterocycles. The lowest BCUT2D eigenvalue weighted by molar-refractivity contribution is 0.0863. The summed E-state index contributed by atoms with van der Waals surface area (Å²) in [6.07, 6.45) is 4.32. The van der Waals surface area contributed by atoms with Crippen LogP contribution in [0.25, 0.3) is 0 Å². The van der Waals surface area contributed by atoms with Crippen LogP contribution in [0.15, 0.2) is 54.6 Å². The monoisotopic (exact) mass is 309 g/mol. The van der Waals surface area contributed by atoms with Crippen LogP contribution >= 0.6 is 0 Å². The van der Waals surface area contributed by atoms with Gasteiger partial charge in [-0.2, -0.15) is 0 Å². The maximum absolute atomic E-state index is 12.6. The standard InChI is InChI=1S/C20H23NO2/c1-20(21-19(23)16-7-3-2-4-8-16)14-6-5-9-18(20)15-10-12-17(22)13-11-15/h2-4,7-8,10-13,18,22H,5-6,9,14H2,1H3,(H,21,23). The summed E-state index contributed by atoms with van der Waals surface area (Å²) in [4.78, 5) is 12.6. The Morgan fingerprint density at radius 3 is 2.48 bits per heavy atom. The van der Waals surface area contributed by atoms with E-state index in [9.17, 15) is 9.90 Å². The Morgan fingerprint density at radius 2 is 1.78 bits per heavy atom. The zero-order valence-corrected chi connectivity index (χ0v) is 13.5. The summed E-state index contributed by atoms with van der Waals surface area (Å²) >= 11 is 0. The number of carbonyl (C=O) groups is 1. The van der Waals surface area contributed by atoms with Crippen molar-refractivity contribution in [2.45, 2.75) is 44.1 Å². The summed E-state index contributed by atoms with van der Waals surface area (Å²) in [6.45, 7) is 2.14. The molecule has 0 aliphatic heterocycles. The van der Waals surface area contributed by atoms with Gasteiger partial charge in [0.25, 0.3) is 5.91 Å². The molecule has 1 saturated carbocycles. The Bertz CT molecular complexity index is 666. The van der Waals surface area contributed by atoms with Gasteiger partial charge in [0.2, 0.25) is 0 Å². The van der Waals surface area contributed by atoms with Gasteiger partial charge >= 0.3 is 0 Å². The first-order chi connectivity index (χ1) is 11.1. The number of hydrogen-bond donors (Lipinski definition) is 2. The zero-order chi connectivity index (χ0) is 16.3. The molecule has 2 aromatic carbocycles. The first-order valence-corrected chi connectivity index (χ1v) is 8.25. The minimum Gasteiger partial charge on any atom is -0.508 e. The summed E-state index contributed by atoms with van der Waals surface area (Å²) in [5.41, 5.74) is 1.62. The van der Waals surface area contributed by atoms with Crippen molar-refractivity contribution in [2.24, 2.45) is 0 Å². The number of rotatable bonds is 3. The molecule has 3 rings (SSSR count). The summed E-state index contributed by atoms with van der Waals surface area (Å²) in [7, 11) is 0. The van der Waals surface area contributed by atoms with Crippen molar-refractivity contribution in [1.29, 1.82) is 0 Å². The molecule has 0 aromatic heterocycles. The number of aromatic hydroxyl groups is 1. The predicted molar refractivity (Wildman–Crippen MR) is 91.6 cm³/mol. The molecule has 23 heavy (non-hydrogen) atoms. The number of hydrogen-bond acceptors (Lipinski definition) is 2. The molecule has 2 atom stereocenters. The Morgan fingerprint density at radius 1 is 1.09 bits per heavy atom. The summed E-state index contributed by atoms with van der Waals surface area (Å²) in [5.74, 6) is 0.530. The Kier molecular flexibility index (Phi) is 4.37. The van der Waals surface area contributed by atoms with Crippen molar-refractivity contribution in [3.63, 3.8) is 0 Å². The first kappa shape index (κ1) is 15.6. The van der Waals surface area contributed by atoms with Crippen LogP contribution < -0.4 is 5.32 Å². The van der Waals surface area contributed by atoms with E-state index in [4.69, 9.17) is 0 Å². The van der Waals surface area contributed by atoms with E-state index in [0.717, 1.165) is 19.3 Å². The molecular formula is C20H23NO2. The Labute approximate surface area is 137 Å². The number of carbonyl (C=O) groups excluding carboxylic acids is 1. The van der Waals surface area contributed by atoms with E-state index in [1.807, 2.05) is 42.5 Å². The van der Waals surface area contributed by atoms with Gasteiger partial charge in [0.15, 0.2) is 0 Å². The van der Waals surface area contributed by atoms with Gasteiger partial charge in [0.1, 0.15) is 5.75 Å². The second-order valence-electron chi connectivity index (χ2n) is 6.63. The molecule has 1 fully saturated rings. The van der Waals surface area contributed by atoms with Gasteiger partial charge in [-0.15, -0.1) is 0 Å². The molecule has 0 radical (unpaired) electrons. The van der Waals surface area contributed by atoms with E-state index >= 15 is 0 Å². The fraction of sp³-hybridized carbons (Fsp3) is 0.350. The van der Waals surface area contributed by atoms with Gasteiger partial charge < -0.3 is 10.4 Å². The second-order valence-corrected chi connectivity index (χ2v) is 6.63. The molecule has 120 valence electrons. The molecule has 3 heteroatoms. The third-order valence-electron chi connectivity index (χ3n) is 4.94. The van der Waals surface area contributed by atoms with Crippen molar-refractivity contribution in [3.05, 3.63) is 65.7 Å². The molecule has 1 amide bonds. The molecule has 0 spiro atoms. The van der Waals surface area contributed by atoms with Crippen LogP contribution in [0.2, 0.25) is 0 Å². The van der Waals surface area contributed by atoms with Crippen LogP contribution in [-0.2, 0) is 0 Å². The van der Waals surface area contributed by atoms with Gasteiger partial charge in [0.05, 0.1) is 0 Å². The Balaban J connectivity index is 1.84. The second kappa shape index (κ2) is 6.45. The average Bonchev–Trinajstić information content (AvgIpc) is 2.57. The van der Waals surface area contributed by atoms with E-state index in [1.165, 1.54) is 12.0 Å². The molecule has 1 aliphatic rings. The minimum absolute atomic E-state index is 0.0150. The van der Waals surface area contributed by atoms with Crippen molar-refractivity contribution in [3.8, 4) is 5.75 Å². The third-order valence-corrected chi connectivity index (χ3v) is 4.94. The van der Waals surface area contributed by atoms with Crippen LogP contribution in [-0.4, -0.2) is 16.6 Å². The fourth-order valence-corrected chi connectivity index (χ4v) is 3.65. The normalized spacial score (nSPS) is 24.1. The SMILES string of the molecule is CC1(NC(=O)c2ccccc2)CCCCC1c1ccc(O)cc1. The summed E-state index contributed by atoms with van der Waals surface area (Å²) < 4.78 is 0. The Hall–Kier alpha value is -2.29. The highest BCUT2D eigenvalue weighted by Gasteiger charge is 2.38. The average molecular weight is 309 g/mol. The van der Waals surface area contributed by atoms with Crippen molar-refractivity contribution >= 4 is 5.91 Å². The molecule has 3 nitrogen and oxygen atoms in total. The highest BCUT2D eigenvalue weighted by molar-refractivity contribution is 5.94. The van der Waals surface area contributed by atoms with E-state index in [1.54, 1.807) is 12.1 Å². The maximum atomic E-state index is 12.6. The van der Waals surface area contributed by atoms with E-state index in [0.29, 0.717) is 5.56 Å². The van der Waals surface area contributed by atoms with Gasteiger partial charge in [-0.3, -0.25) is 4.79 Å². The molecule has 2 aromatic rings. The number of benzene rings is 2. The maximum Gasteiger partial charge on any atom is 0.251 e. The predicted octanol–water partition coefficient (Wildman–Crippen LogP) is 4.24. The van der Waals surface area contributed by atoms with Crippen LogP contribution in [0.1, 0.15) is 54.4 Å². The fourth-order valence-electron chi connectivity index (χ4n) is 3.65. The summed E-state index contributed by atoms with van der Waals surface area (Å²) in [6, 6.07) is 16.8. The van der Waals surface area contributed by atoms with E-state index < -0.39 is 0 Å². The highest BCUT2D eigenvalue weighted by Crippen LogP contribution is 2.41. The third kappa shape index (κ3) is 3.39. The minimum atomic E-state index is -0.262. The van der Waals surface area contributed by atoms with Crippen LogP contribution in [0.3, 0.4) is 0 Å². The van der Waals surface area contributed by atoms with Crippen molar-refractivity contribution < 1.29 is 9.90 Å². The molecule has 0 heterocycles. The lowest BCUT2D eigenvalue weighted by atomic mass is 9.70. The number of nitrogens with one attached hydrogen (secondary N) is 1. The van der Waals surface area contributed by atoms with E-state index in [2.05, 4.69) is 12.2 Å². The molecule has 2 unspecified atom stereocenters. The highest BCUT2D eigenvalue weighted by atomic mass is 16.3. The lowest BCUT2D eigenvalue weighted by Crippen LogP contribution is -2.51. The molecule has 2 N–H and O–H groups in total. The molecule has 0 bridgehead atoms. The first-order valence-electron chi connectivity index (χ1n) is 8.25. The van der Waals surface area contributed by atoms with Gasteiger partial charge in [-0.05, 0) is 49.6 Å². The van der Waals surface area contributed by atoms with Crippen LogP contribution in [0, 0.1) is 0 Å². The zero-order valence-electron chi connectivity index (χ0n) is 13.5. The number of phenols is 1. The quantitative estimate of drug-likeness (QED) is 0.891. The topological polar surface area (TPSA) is 49.3 Å². The van der Waals surface area contributed by atoms with Gasteiger partial charge in [0, 0.05) is 17.0 Å². The lowest BCUT2D eigenvalue weighted by Gasteiger charge is -2.42. The van der Waals surface area contributed by atoms with Crippen molar-refractivity contribution in [1.82, 2.24) is 5.32 Å². The van der Waals surface area contributed by atoms with Crippen molar-refractivity contribution in [2.75, 3.05) is 0 Å². The number of phenolic OH excluding ortho intramolecular Hbond substituents is 1. The number of amides is 1. The van der Waals surface area contributed by atoms with Crippen LogP contribution in [0.5, 0.6) is 5.75 Å². The molecular weight excluding hydrogens is 286 g/mol.